The van der Waals surface area contributed by atoms with E-state index in [1.54, 1.807) is 29.2 Å². The van der Waals surface area contributed by atoms with Crippen molar-refractivity contribution in [2.24, 2.45) is 0 Å². The van der Waals surface area contributed by atoms with E-state index in [0.29, 0.717) is 17.2 Å². The molecule has 0 spiro atoms. The third kappa shape index (κ3) is 8.01. The summed E-state index contributed by atoms with van der Waals surface area (Å²) >= 11 is 0. The minimum absolute atomic E-state index is 0. The SMILES string of the molecule is CS(=O)(=O)Nc1ccc(Oc2ccc(CN3CCC(N(C(=O)O)C4CCCCC4)CC3)cc2)cc1.Cl. The number of likely N-dealkylation sites (tertiary alicyclic amines) is 1. The summed E-state index contributed by atoms with van der Waals surface area (Å²) in [6, 6.07) is 15.0. The molecule has 36 heavy (non-hydrogen) atoms. The van der Waals surface area contributed by atoms with Crippen molar-refractivity contribution in [3.05, 3.63) is 54.1 Å². The van der Waals surface area contributed by atoms with Crippen LogP contribution < -0.4 is 9.46 Å². The summed E-state index contributed by atoms with van der Waals surface area (Å²) in [6.45, 7) is 2.62. The Hall–Kier alpha value is -2.49. The maximum absolute atomic E-state index is 12.0. The number of nitrogens with zero attached hydrogens (tertiary/aromatic N) is 2. The van der Waals surface area contributed by atoms with Crippen LogP contribution in [-0.2, 0) is 16.6 Å². The van der Waals surface area contributed by atoms with Crippen LogP contribution in [0.1, 0.15) is 50.5 Å². The number of hydrogen-bond donors (Lipinski definition) is 2. The van der Waals surface area contributed by atoms with Gasteiger partial charge >= 0.3 is 6.09 Å². The maximum atomic E-state index is 12.0. The van der Waals surface area contributed by atoms with Crippen LogP contribution in [0.5, 0.6) is 11.5 Å². The first-order valence-electron chi connectivity index (χ1n) is 12.3. The van der Waals surface area contributed by atoms with Gasteiger partial charge in [0.05, 0.1) is 6.26 Å². The van der Waals surface area contributed by atoms with Crippen molar-refractivity contribution in [2.45, 2.75) is 63.6 Å². The van der Waals surface area contributed by atoms with Gasteiger partial charge in [-0.25, -0.2) is 13.2 Å². The highest BCUT2D eigenvalue weighted by Crippen LogP contribution is 2.29. The number of halogens is 1. The molecule has 198 valence electrons. The zero-order valence-electron chi connectivity index (χ0n) is 20.6. The number of carbonyl (C=O) groups is 1. The minimum Gasteiger partial charge on any atom is -0.465 e. The average Bonchev–Trinajstić information content (AvgIpc) is 2.82. The van der Waals surface area contributed by atoms with Gasteiger partial charge < -0.3 is 14.7 Å². The zero-order valence-corrected chi connectivity index (χ0v) is 22.3. The molecular formula is C26H36ClN3O5S. The molecule has 2 aromatic rings. The van der Waals surface area contributed by atoms with E-state index in [4.69, 9.17) is 4.74 Å². The largest absolute Gasteiger partial charge is 0.465 e. The van der Waals surface area contributed by atoms with Gasteiger partial charge in [0.1, 0.15) is 11.5 Å². The van der Waals surface area contributed by atoms with Gasteiger partial charge in [0.2, 0.25) is 10.0 Å². The number of hydrogen-bond acceptors (Lipinski definition) is 5. The van der Waals surface area contributed by atoms with Crippen LogP contribution in [0.4, 0.5) is 10.5 Å². The van der Waals surface area contributed by atoms with E-state index in [1.807, 2.05) is 24.3 Å². The number of rotatable bonds is 8. The number of nitrogens with one attached hydrogen (secondary N) is 1. The number of amides is 1. The van der Waals surface area contributed by atoms with Crippen molar-refractivity contribution in [1.82, 2.24) is 9.80 Å². The number of anilines is 1. The third-order valence-corrected chi connectivity index (χ3v) is 7.47. The molecule has 1 aliphatic heterocycles. The molecule has 1 aliphatic carbocycles. The fourth-order valence-electron chi connectivity index (χ4n) is 5.19. The second-order valence-corrected chi connectivity index (χ2v) is 11.4. The highest BCUT2D eigenvalue weighted by atomic mass is 35.5. The van der Waals surface area contributed by atoms with Crippen LogP contribution >= 0.6 is 12.4 Å². The van der Waals surface area contributed by atoms with Gasteiger partial charge in [-0.05, 0) is 67.6 Å². The average molecular weight is 538 g/mol. The van der Waals surface area contributed by atoms with E-state index in [9.17, 15) is 18.3 Å². The Morgan fingerprint density at radius 2 is 1.47 bits per heavy atom. The summed E-state index contributed by atoms with van der Waals surface area (Å²) in [6.07, 6.45) is 7.63. The summed E-state index contributed by atoms with van der Waals surface area (Å²) in [5.74, 6) is 1.33. The van der Waals surface area contributed by atoms with Crippen LogP contribution in [0.3, 0.4) is 0 Å². The predicted octanol–water partition coefficient (Wildman–Crippen LogP) is 5.55. The molecule has 1 amide bonds. The molecule has 1 heterocycles. The topological polar surface area (TPSA) is 99.2 Å². The lowest BCUT2D eigenvalue weighted by Crippen LogP contribution is -2.51. The van der Waals surface area contributed by atoms with E-state index >= 15 is 0 Å². The van der Waals surface area contributed by atoms with Crippen LogP contribution in [0, 0.1) is 0 Å². The molecule has 1 saturated carbocycles. The van der Waals surface area contributed by atoms with Crippen molar-refractivity contribution in [3.8, 4) is 11.5 Å². The number of piperidine rings is 1. The maximum Gasteiger partial charge on any atom is 0.407 e. The molecule has 2 fully saturated rings. The van der Waals surface area contributed by atoms with Crippen molar-refractivity contribution in [1.29, 1.82) is 0 Å². The zero-order chi connectivity index (χ0) is 24.8. The van der Waals surface area contributed by atoms with Crippen molar-refractivity contribution < 1.29 is 23.1 Å². The Morgan fingerprint density at radius 3 is 2.00 bits per heavy atom. The molecule has 0 aromatic heterocycles. The van der Waals surface area contributed by atoms with Crippen LogP contribution in [0.2, 0.25) is 0 Å². The molecule has 2 N–H and O–H groups in total. The van der Waals surface area contributed by atoms with E-state index in [2.05, 4.69) is 9.62 Å². The van der Waals surface area contributed by atoms with Gasteiger partial charge in [0.25, 0.3) is 0 Å². The number of ether oxygens (including phenoxy) is 1. The number of sulfonamides is 1. The molecule has 1 saturated heterocycles. The monoisotopic (exact) mass is 537 g/mol. The van der Waals surface area contributed by atoms with Gasteiger partial charge in [0, 0.05) is 37.4 Å². The summed E-state index contributed by atoms with van der Waals surface area (Å²) in [5, 5.41) is 9.84. The summed E-state index contributed by atoms with van der Waals surface area (Å²) in [7, 11) is -3.31. The fourth-order valence-corrected chi connectivity index (χ4v) is 5.75. The van der Waals surface area contributed by atoms with Crippen molar-refractivity contribution in [2.75, 3.05) is 24.1 Å². The lowest BCUT2D eigenvalue weighted by Gasteiger charge is -2.42. The van der Waals surface area contributed by atoms with Crippen LogP contribution in [0.15, 0.2) is 48.5 Å². The van der Waals surface area contributed by atoms with Crippen molar-refractivity contribution >= 4 is 34.2 Å². The van der Waals surface area contributed by atoms with E-state index in [0.717, 1.165) is 64.4 Å². The molecular weight excluding hydrogens is 502 g/mol. The molecule has 8 nitrogen and oxygen atoms in total. The van der Waals surface area contributed by atoms with Gasteiger partial charge in [-0.1, -0.05) is 31.4 Å². The van der Waals surface area contributed by atoms with E-state index < -0.39 is 16.1 Å². The van der Waals surface area contributed by atoms with E-state index in [-0.39, 0.29) is 24.5 Å². The molecule has 0 unspecified atom stereocenters. The Balaban J connectivity index is 0.00000361. The molecule has 0 atom stereocenters. The number of benzene rings is 2. The molecule has 0 radical (unpaired) electrons. The van der Waals surface area contributed by atoms with Crippen molar-refractivity contribution in [3.63, 3.8) is 0 Å². The summed E-state index contributed by atoms with van der Waals surface area (Å²) in [4.78, 5) is 16.1. The summed E-state index contributed by atoms with van der Waals surface area (Å²) in [5.41, 5.74) is 1.68. The predicted molar refractivity (Wildman–Crippen MR) is 144 cm³/mol. The Labute approximate surface area is 220 Å². The highest BCUT2D eigenvalue weighted by Gasteiger charge is 2.33. The molecule has 0 bridgehead atoms. The normalized spacial score (nSPS) is 17.7. The summed E-state index contributed by atoms with van der Waals surface area (Å²) < 4.78 is 30.9. The highest BCUT2D eigenvalue weighted by molar-refractivity contribution is 7.92. The van der Waals surface area contributed by atoms with Crippen LogP contribution in [0.25, 0.3) is 0 Å². The smallest absolute Gasteiger partial charge is 0.407 e. The molecule has 10 heteroatoms. The Bertz CT molecular complexity index is 1080. The van der Waals surface area contributed by atoms with Gasteiger partial charge in [-0.3, -0.25) is 9.62 Å². The van der Waals surface area contributed by atoms with Gasteiger partial charge in [-0.2, -0.15) is 0 Å². The second kappa shape index (κ2) is 12.7. The van der Waals surface area contributed by atoms with Gasteiger partial charge in [-0.15, -0.1) is 12.4 Å². The lowest BCUT2D eigenvalue weighted by molar-refractivity contribution is 0.0535. The first-order chi connectivity index (χ1) is 16.8. The molecule has 2 aromatic carbocycles. The standard InChI is InChI=1S/C26H35N3O5S.ClH/c1-35(32,33)27-21-9-13-25(14-10-21)34-24-11-7-20(8-12-24)19-28-17-15-23(16-18-28)29(26(30)31)22-5-3-2-4-6-22;/h7-14,22-23,27H,2-6,15-19H2,1H3,(H,30,31);1H. The first-order valence-corrected chi connectivity index (χ1v) is 14.2. The molecule has 4 rings (SSSR count). The Kier molecular flexibility index (Phi) is 9.87. The lowest BCUT2D eigenvalue weighted by atomic mass is 9.91. The number of carboxylic acid groups (broad SMARTS) is 1. The Morgan fingerprint density at radius 1 is 0.944 bits per heavy atom. The minimum atomic E-state index is -3.31. The third-order valence-electron chi connectivity index (χ3n) is 6.86. The second-order valence-electron chi connectivity index (χ2n) is 9.63. The van der Waals surface area contributed by atoms with Gasteiger partial charge in [0.15, 0.2) is 0 Å². The quantitative estimate of drug-likeness (QED) is 0.458. The molecule has 2 aliphatic rings. The fraction of sp³-hybridized carbons (Fsp3) is 0.500. The first kappa shape index (κ1) is 28.1. The van der Waals surface area contributed by atoms with E-state index in [1.165, 1.54) is 12.0 Å². The van der Waals surface area contributed by atoms with Crippen LogP contribution in [-0.4, -0.2) is 60.8 Å².